The van der Waals surface area contributed by atoms with Gasteiger partial charge in [-0.25, -0.2) is 0 Å². The van der Waals surface area contributed by atoms with Crippen LogP contribution >= 0.6 is 0 Å². The second-order valence-electron chi connectivity index (χ2n) is 9.45. The second-order valence-corrected chi connectivity index (χ2v) is 9.45. The Bertz CT molecular complexity index is 1400. The van der Waals surface area contributed by atoms with Crippen molar-refractivity contribution in [3.63, 3.8) is 0 Å². The van der Waals surface area contributed by atoms with E-state index in [1.165, 1.54) is 0 Å². The molecule has 2 atom stereocenters. The number of carbonyl (C=O) groups excluding carboxylic acids is 3. The predicted octanol–water partition coefficient (Wildman–Crippen LogP) is 3.50. The quantitative estimate of drug-likeness (QED) is 0.239. The van der Waals surface area contributed by atoms with Gasteiger partial charge in [-0.1, -0.05) is 38.1 Å². The predicted molar refractivity (Wildman–Crippen MR) is 138 cm³/mol. The van der Waals surface area contributed by atoms with Crippen LogP contribution in [0.15, 0.2) is 48.5 Å². The second kappa shape index (κ2) is 10.6. The maximum absolute atomic E-state index is 13.3. The molecule has 0 bridgehead atoms. The number of aromatic nitrogens is 3. The highest BCUT2D eigenvalue weighted by molar-refractivity contribution is 6.02. The van der Waals surface area contributed by atoms with E-state index in [0.29, 0.717) is 23.6 Å². The summed E-state index contributed by atoms with van der Waals surface area (Å²) in [5.41, 5.74) is 8.30. The van der Waals surface area contributed by atoms with Gasteiger partial charge in [0.2, 0.25) is 11.8 Å². The van der Waals surface area contributed by atoms with Gasteiger partial charge in [-0.15, -0.1) is 0 Å². The minimum Gasteiger partial charge on any atom is -0.496 e. The molecule has 0 aliphatic heterocycles. The van der Waals surface area contributed by atoms with Crippen molar-refractivity contribution in [2.75, 3.05) is 7.11 Å². The van der Waals surface area contributed by atoms with E-state index in [-0.39, 0.29) is 30.4 Å². The lowest BCUT2D eigenvalue weighted by atomic mass is 9.90. The number of para-hydroxylation sites is 1. The van der Waals surface area contributed by atoms with Gasteiger partial charge in [-0.05, 0) is 36.6 Å². The lowest BCUT2D eigenvalue weighted by Crippen LogP contribution is -2.48. The summed E-state index contributed by atoms with van der Waals surface area (Å²) in [6.45, 7) is 3.97. The fraction of sp³-hybridized carbons (Fsp3) is 0.333. The maximum Gasteiger partial charge on any atom is 0.240 e. The van der Waals surface area contributed by atoms with Crippen LogP contribution in [0.5, 0.6) is 5.75 Å². The fourth-order valence-corrected chi connectivity index (χ4v) is 4.53. The van der Waals surface area contributed by atoms with Crippen LogP contribution in [0.1, 0.15) is 42.9 Å². The Morgan fingerprint density at radius 1 is 1.08 bits per heavy atom. The maximum atomic E-state index is 13.3. The van der Waals surface area contributed by atoms with Gasteiger partial charge in [-0.2, -0.15) is 5.10 Å². The standard InChI is InChI=1S/C27H31N5O4/c1-15(2)11-16(12-24(33)22-13-18-19(29-22)9-6-10-25(18)36-3)27(35)30-23(26(28)34)14-21-17-7-4-5-8-20(17)31-32-21/h4-10,13,15-16,23,29H,11-12,14H2,1-3H3,(H2,28,34)(H,30,35)(H,31,32)/t16-,23?/m1/s1. The van der Waals surface area contributed by atoms with E-state index in [9.17, 15) is 14.4 Å². The Morgan fingerprint density at radius 2 is 1.86 bits per heavy atom. The van der Waals surface area contributed by atoms with Gasteiger partial charge < -0.3 is 20.8 Å². The number of methoxy groups -OCH3 is 1. The van der Waals surface area contributed by atoms with E-state index < -0.39 is 17.9 Å². The Morgan fingerprint density at radius 3 is 2.58 bits per heavy atom. The molecule has 0 spiro atoms. The largest absolute Gasteiger partial charge is 0.496 e. The molecule has 2 heterocycles. The smallest absolute Gasteiger partial charge is 0.240 e. The van der Waals surface area contributed by atoms with E-state index in [2.05, 4.69) is 20.5 Å². The summed E-state index contributed by atoms with van der Waals surface area (Å²) in [5.74, 6) is -1.01. The number of hydrogen-bond acceptors (Lipinski definition) is 5. The monoisotopic (exact) mass is 489 g/mol. The van der Waals surface area contributed by atoms with Crippen molar-refractivity contribution in [1.29, 1.82) is 0 Å². The van der Waals surface area contributed by atoms with E-state index in [1.807, 2.05) is 56.3 Å². The molecule has 0 radical (unpaired) electrons. The van der Waals surface area contributed by atoms with Crippen LogP contribution < -0.4 is 15.8 Å². The Hall–Kier alpha value is -4.14. The first-order valence-corrected chi connectivity index (χ1v) is 12.0. The number of Topliss-reactive ketones (excluding diaryl/α,β-unsaturated/α-hetero) is 1. The van der Waals surface area contributed by atoms with Crippen LogP contribution in [0.4, 0.5) is 0 Å². The number of nitrogens with one attached hydrogen (secondary N) is 3. The zero-order chi connectivity index (χ0) is 25.8. The molecule has 0 saturated carbocycles. The lowest BCUT2D eigenvalue weighted by molar-refractivity contribution is -0.130. The molecule has 9 nitrogen and oxygen atoms in total. The molecule has 2 aromatic heterocycles. The molecule has 1 unspecified atom stereocenters. The third-order valence-corrected chi connectivity index (χ3v) is 6.31. The number of nitrogens with zero attached hydrogens (tertiary/aromatic N) is 1. The van der Waals surface area contributed by atoms with Crippen LogP contribution in [-0.4, -0.2) is 45.9 Å². The van der Waals surface area contributed by atoms with Crippen LogP contribution in [-0.2, 0) is 16.0 Å². The van der Waals surface area contributed by atoms with Gasteiger partial charge in [0.05, 0.1) is 18.3 Å². The number of rotatable bonds is 11. The van der Waals surface area contributed by atoms with Gasteiger partial charge in [0.15, 0.2) is 5.78 Å². The summed E-state index contributed by atoms with van der Waals surface area (Å²) in [4.78, 5) is 41.8. The van der Waals surface area contributed by atoms with Crippen LogP contribution in [0.2, 0.25) is 0 Å². The molecular formula is C27H31N5O4. The van der Waals surface area contributed by atoms with Crippen molar-refractivity contribution < 1.29 is 19.1 Å². The number of nitrogens with two attached hydrogens (primary N) is 1. The molecule has 5 N–H and O–H groups in total. The average Bonchev–Trinajstić information content (AvgIpc) is 3.47. The van der Waals surface area contributed by atoms with E-state index >= 15 is 0 Å². The molecule has 2 aromatic carbocycles. The number of ether oxygens (including phenoxy) is 1. The topological polar surface area (TPSA) is 143 Å². The number of hydrogen-bond donors (Lipinski definition) is 4. The van der Waals surface area contributed by atoms with E-state index in [0.717, 1.165) is 21.8 Å². The molecular weight excluding hydrogens is 458 g/mol. The normalized spacial score (nSPS) is 13.1. The summed E-state index contributed by atoms with van der Waals surface area (Å²) in [6.07, 6.45) is 0.656. The third-order valence-electron chi connectivity index (χ3n) is 6.31. The number of amides is 2. The number of aromatic amines is 2. The van der Waals surface area contributed by atoms with Crippen molar-refractivity contribution in [2.45, 2.75) is 39.2 Å². The minimum atomic E-state index is -0.941. The van der Waals surface area contributed by atoms with E-state index in [1.54, 1.807) is 13.2 Å². The minimum absolute atomic E-state index is 0.00236. The third kappa shape index (κ3) is 5.40. The van der Waals surface area contributed by atoms with Gasteiger partial charge >= 0.3 is 0 Å². The van der Waals surface area contributed by atoms with Crippen molar-refractivity contribution in [3.8, 4) is 5.75 Å². The molecule has 36 heavy (non-hydrogen) atoms. The highest BCUT2D eigenvalue weighted by Gasteiger charge is 2.28. The van der Waals surface area contributed by atoms with Gasteiger partial charge in [0, 0.05) is 40.7 Å². The first kappa shape index (κ1) is 25.0. The number of primary amides is 1. The molecule has 4 aromatic rings. The lowest BCUT2D eigenvalue weighted by Gasteiger charge is -2.21. The number of H-pyrrole nitrogens is 2. The molecule has 2 amide bonds. The van der Waals surface area contributed by atoms with Crippen molar-refractivity contribution >= 4 is 39.4 Å². The molecule has 0 saturated heterocycles. The Labute approximate surface area is 208 Å². The summed E-state index contributed by atoms with van der Waals surface area (Å²) in [7, 11) is 1.58. The zero-order valence-electron chi connectivity index (χ0n) is 20.6. The zero-order valence-corrected chi connectivity index (χ0v) is 20.6. The summed E-state index contributed by atoms with van der Waals surface area (Å²) in [6, 6.07) is 13.8. The van der Waals surface area contributed by atoms with Gasteiger partial charge in [0.1, 0.15) is 11.8 Å². The first-order chi connectivity index (χ1) is 17.3. The van der Waals surface area contributed by atoms with Crippen molar-refractivity contribution in [2.24, 2.45) is 17.6 Å². The summed E-state index contributed by atoms with van der Waals surface area (Å²) in [5, 5.41) is 11.6. The van der Waals surface area contributed by atoms with Crippen LogP contribution in [0, 0.1) is 11.8 Å². The molecule has 0 fully saturated rings. The fourth-order valence-electron chi connectivity index (χ4n) is 4.53. The SMILES string of the molecule is COc1cccc2[nH]c(C(=O)C[C@@H](CC(C)C)C(=O)NC(Cc3[nH]nc4ccccc34)C(N)=O)cc12. The van der Waals surface area contributed by atoms with Crippen LogP contribution in [0.25, 0.3) is 21.8 Å². The highest BCUT2D eigenvalue weighted by Crippen LogP contribution is 2.27. The molecule has 188 valence electrons. The van der Waals surface area contributed by atoms with Crippen molar-refractivity contribution in [1.82, 2.24) is 20.5 Å². The number of benzene rings is 2. The number of fused-ring (bicyclic) bond motifs is 2. The molecule has 9 heteroatoms. The van der Waals surface area contributed by atoms with Crippen molar-refractivity contribution in [3.05, 3.63) is 59.9 Å². The molecule has 0 aliphatic carbocycles. The highest BCUT2D eigenvalue weighted by atomic mass is 16.5. The summed E-state index contributed by atoms with van der Waals surface area (Å²) >= 11 is 0. The Balaban J connectivity index is 1.51. The molecule has 4 rings (SSSR count). The Kier molecular flexibility index (Phi) is 7.38. The molecule has 0 aliphatic rings. The first-order valence-electron chi connectivity index (χ1n) is 12.0. The number of ketones is 1. The van der Waals surface area contributed by atoms with Gasteiger partial charge in [-0.3, -0.25) is 19.5 Å². The average molecular weight is 490 g/mol. The van der Waals surface area contributed by atoms with Gasteiger partial charge in [0.25, 0.3) is 0 Å². The summed E-state index contributed by atoms with van der Waals surface area (Å²) < 4.78 is 5.38. The van der Waals surface area contributed by atoms with E-state index in [4.69, 9.17) is 10.5 Å². The van der Waals surface area contributed by atoms with Crippen LogP contribution in [0.3, 0.4) is 0 Å². The number of carbonyl (C=O) groups is 3.